The Labute approximate surface area is 251 Å². The maximum Gasteiger partial charge on any atom is 0.263 e. The Kier molecular flexibility index (Phi) is 8.90. The van der Waals surface area contributed by atoms with Crippen LogP contribution in [0.4, 0.5) is 11.5 Å². The van der Waals surface area contributed by atoms with Crippen LogP contribution in [0.25, 0.3) is 22.2 Å². The Morgan fingerprint density at radius 1 is 1.17 bits per heavy atom. The summed E-state index contributed by atoms with van der Waals surface area (Å²) in [5.41, 5.74) is 6.88. The van der Waals surface area contributed by atoms with Gasteiger partial charge in [-0.3, -0.25) is 14.4 Å². The Morgan fingerprint density at radius 2 is 1.88 bits per heavy atom. The standard InChI is InChI=1S/C28H30Cl2N8O4/c1-6-38(15(2)11-35(3)4)22-9-21(20(30)10-32-22)34-23(39)13-37-12-18(24-27(37)33-14-36(5)28(24)42)16-7-17(26(31)41)25(40)19(29)8-16/h7-10,12,14,40H,2,6,11,13H2,1,3-5H3,(H2,31,41)(H,32,34,39). The second-order valence-corrected chi connectivity index (χ2v) is 10.7. The van der Waals surface area contributed by atoms with Crippen molar-refractivity contribution >= 4 is 57.6 Å². The zero-order chi connectivity index (χ0) is 30.9. The molecule has 42 heavy (non-hydrogen) atoms. The van der Waals surface area contributed by atoms with Crippen molar-refractivity contribution in [2.45, 2.75) is 13.5 Å². The smallest absolute Gasteiger partial charge is 0.263 e. The lowest BCUT2D eigenvalue weighted by Crippen LogP contribution is -2.29. The van der Waals surface area contributed by atoms with Crippen LogP contribution in [-0.4, -0.2) is 68.1 Å². The van der Waals surface area contributed by atoms with Crippen molar-refractivity contribution in [1.82, 2.24) is 24.0 Å². The summed E-state index contributed by atoms with van der Waals surface area (Å²) < 4.78 is 2.79. The van der Waals surface area contributed by atoms with E-state index in [4.69, 9.17) is 28.9 Å². The topological polar surface area (TPSA) is 152 Å². The number of anilines is 2. The van der Waals surface area contributed by atoms with Gasteiger partial charge in [-0.25, -0.2) is 9.97 Å². The quantitative estimate of drug-likeness (QED) is 0.246. The van der Waals surface area contributed by atoms with Crippen molar-refractivity contribution in [2.75, 3.05) is 37.4 Å². The minimum absolute atomic E-state index is 0.127. The lowest BCUT2D eigenvalue weighted by Gasteiger charge is -2.26. The highest BCUT2D eigenvalue weighted by Crippen LogP contribution is 2.36. The number of benzene rings is 1. The molecule has 220 valence electrons. The van der Waals surface area contributed by atoms with Crippen LogP contribution in [-0.2, 0) is 18.4 Å². The summed E-state index contributed by atoms with van der Waals surface area (Å²) in [5, 5.41) is 13.3. The van der Waals surface area contributed by atoms with E-state index in [2.05, 4.69) is 21.9 Å². The second kappa shape index (κ2) is 12.2. The van der Waals surface area contributed by atoms with Gasteiger partial charge in [-0.2, -0.15) is 0 Å². The molecule has 0 unspecified atom stereocenters. The number of primary amides is 1. The third-order valence-electron chi connectivity index (χ3n) is 6.48. The molecule has 0 aliphatic carbocycles. The Morgan fingerprint density at radius 3 is 2.52 bits per heavy atom. The monoisotopic (exact) mass is 612 g/mol. The van der Waals surface area contributed by atoms with Crippen molar-refractivity contribution in [3.63, 3.8) is 0 Å². The van der Waals surface area contributed by atoms with E-state index in [1.54, 1.807) is 12.3 Å². The summed E-state index contributed by atoms with van der Waals surface area (Å²) in [5.74, 6) is -1.25. The van der Waals surface area contributed by atoms with Gasteiger partial charge < -0.3 is 35.1 Å². The van der Waals surface area contributed by atoms with Crippen LogP contribution in [0.15, 0.2) is 54.0 Å². The molecule has 4 N–H and O–H groups in total. The number of aromatic hydroxyl groups is 1. The highest BCUT2D eigenvalue weighted by atomic mass is 35.5. The van der Waals surface area contributed by atoms with Crippen LogP contribution in [0, 0.1) is 0 Å². The minimum Gasteiger partial charge on any atom is -0.506 e. The number of phenols is 1. The van der Waals surface area contributed by atoms with E-state index >= 15 is 0 Å². The molecule has 0 bridgehead atoms. The fourth-order valence-corrected chi connectivity index (χ4v) is 4.93. The van der Waals surface area contributed by atoms with Crippen LogP contribution >= 0.6 is 23.2 Å². The fourth-order valence-electron chi connectivity index (χ4n) is 4.56. The van der Waals surface area contributed by atoms with E-state index in [9.17, 15) is 19.5 Å². The molecule has 1 aromatic carbocycles. The van der Waals surface area contributed by atoms with Gasteiger partial charge in [0, 0.05) is 43.7 Å². The van der Waals surface area contributed by atoms with Gasteiger partial charge >= 0.3 is 0 Å². The summed E-state index contributed by atoms with van der Waals surface area (Å²) in [6.07, 6.45) is 4.35. The average Bonchev–Trinajstić information content (AvgIpc) is 3.27. The minimum atomic E-state index is -0.897. The van der Waals surface area contributed by atoms with Crippen molar-refractivity contribution < 1.29 is 14.7 Å². The van der Waals surface area contributed by atoms with Gasteiger partial charge in [0.1, 0.15) is 23.8 Å². The van der Waals surface area contributed by atoms with Crippen LogP contribution in [0.5, 0.6) is 5.75 Å². The fraction of sp³-hybridized carbons (Fsp3) is 0.250. The molecule has 0 saturated carbocycles. The molecule has 3 aromatic heterocycles. The number of hydrogen-bond acceptors (Lipinski definition) is 8. The molecule has 0 radical (unpaired) electrons. The van der Waals surface area contributed by atoms with Crippen molar-refractivity contribution in [3.05, 3.63) is 75.2 Å². The zero-order valence-electron chi connectivity index (χ0n) is 23.5. The summed E-state index contributed by atoms with van der Waals surface area (Å²) in [6.45, 7) is 7.10. The Balaban J connectivity index is 1.71. The van der Waals surface area contributed by atoms with E-state index in [0.29, 0.717) is 35.7 Å². The van der Waals surface area contributed by atoms with E-state index < -0.39 is 23.1 Å². The van der Waals surface area contributed by atoms with E-state index in [1.165, 1.54) is 40.8 Å². The van der Waals surface area contributed by atoms with Gasteiger partial charge in [0.05, 0.1) is 39.2 Å². The molecule has 0 atom stereocenters. The summed E-state index contributed by atoms with van der Waals surface area (Å²) in [7, 11) is 5.42. The van der Waals surface area contributed by atoms with Crippen LogP contribution in [0.2, 0.25) is 10.0 Å². The number of halogens is 2. The van der Waals surface area contributed by atoms with Gasteiger partial charge in [-0.05, 0) is 38.7 Å². The SMILES string of the molecule is C=C(CN(C)C)N(CC)c1cc(NC(=O)Cn2cc(-c3cc(Cl)c(O)c(C(N)=O)c3)c3c(=O)n(C)cnc32)c(Cl)cn1. The number of nitrogens with one attached hydrogen (secondary N) is 1. The molecule has 0 fully saturated rings. The number of pyridine rings is 1. The first-order valence-corrected chi connectivity index (χ1v) is 13.5. The predicted molar refractivity (Wildman–Crippen MR) is 164 cm³/mol. The number of carbonyl (C=O) groups excluding carboxylic acids is 2. The largest absolute Gasteiger partial charge is 0.506 e. The molecule has 0 aliphatic rings. The molecule has 0 saturated heterocycles. The number of rotatable bonds is 10. The molecular weight excluding hydrogens is 583 g/mol. The Bertz CT molecular complexity index is 1780. The number of aromatic nitrogens is 4. The number of hydrogen-bond donors (Lipinski definition) is 3. The number of fused-ring (bicyclic) bond motifs is 1. The molecule has 4 aromatic rings. The van der Waals surface area contributed by atoms with Crippen LogP contribution in [0.1, 0.15) is 17.3 Å². The van der Waals surface area contributed by atoms with Gasteiger partial charge in [0.15, 0.2) is 0 Å². The maximum atomic E-state index is 13.3. The van der Waals surface area contributed by atoms with E-state index in [1.807, 2.05) is 30.8 Å². The van der Waals surface area contributed by atoms with Crippen molar-refractivity contribution in [1.29, 1.82) is 0 Å². The molecule has 3 heterocycles. The first-order chi connectivity index (χ1) is 19.8. The number of likely N-dealkylation sites (N-methyl/N-ethyl adjacent to an activating group) is 2. The Hall–Kier alpha value is -4.39. The van der Waals surface area contributed by atoms with Gasteiger partial charge in [0.25, 0.3) is 11.5 Å². The first-order valence-electron chi connectivity index (χ1n) is 12.7. The number of carbonyl (C=O) groups is 2. The normalized spacial score (nSPS) is 11.2. The maximum absolute atomic E-state index is 13.3. The highest BCUT2D eigenvalue weighted by molar-refractivity contribution is 6.34. The number of nitrogens with zero attached hydrogens (tertiary/aromatic N) is 6. The molecule has 4 rings (SSSR count). The average molecular weight is 614 g/mol. The summed E-state index contributed by atoms with van der Waals surface area (Å²) in [6, 6.07) is 4.40. The summed E-state index contributed by atoms with van der Waals surface area (Å²) >= 11 is 12.5. The molecular formula is C28H30Cl2N8O4. The molecule has 2 amide bonds. The van der Waals surface area contributed by atoms with Crippen LogP contribution < -0.4 is 21.5 Å². The lowest BCUT2D eigenvalue weighted by atomic mass is 10.0. The first kappa shape index (κ1) is 30.6. The number of aryl methyl sites for hydroxylation is 1. The number of amides is 2. The molecule has 14 heteroatoms. The molecule has 0 aliphatic heterocycles. The summed E-state index contributed by atoms with van der Waals surface area (Å²) in [4.78, 5) is 51.0. The van der Waals surface area contributed by atoms with Crippen molar-refractivity contribution in [2.24, 2.45) is 12.8 Å². The van der Waals surface area contributed by atoms with Gasteiger partial charge in [0.2, 0.25) is 5.91 Å². The zero-order valence-corrected chi connectivity index (χ0v) is 25.0. The number of nitrogens with two attached hydrogens (primary N) is 1. The van der Waals surface area contributed by atoms with Crippen LogP contribution in [0.3, 0.4) is 0 Å². The third kappa shape index (κ3) is 6.10. The predicted octanol–water partition coefficient (Wildman–Crippen LogP) is 3.45. The van der Waals surface area contributed by atoms with Gasteiger partial charge in [-0.1, -0.05) is 29.8 Å². The molecule has 12 nitrogen and oxygen atoms in total. The van der Waals surface area contributed by atoms with Gasteiger partial charge in [-0.15, -0.1) is 0 Å². The van der Waals surface area contributed by atoms with Crippen molar-refractivity contribution in [3.8, 4) is 16.9 Å². The highest BCUT2D eigenvalue weighted by Gasteiger charge is 2.21. The second-order valence-electron chi connectivity index (χ2n) is 9.87. The van der Waals surface area contributed by atoms with E-state index in [-0.39, 0.29) is 33.2 Å². The third-order valence-corrected chi connectivity index (χ3v) is 7.07. The van der Waals surface area contributed by atoms with E-state index in [0.717, 1.165) is 5.70 Å². The lowest BCUT2D eigenvalue weighted by molar-refractivity contribution is -0.116. The molecule has 0 spiro atoms.